The number of ketones is 1. The molecule has 0 bridgehead atoms. The van der Waals surface area contributed by atoms with Gasteiger partial charge >= 0.3 is 0 Å². The van der Waals surface area contributed by atoms with Crippen molar-refractivity contribution in [2.24, 2.45) is 0 Å². The van der Waals surface area contributed by atoms with Gasteiger partial charge in [-0.3, -0.25) is 4.79 Å². The van der Waals surface area contributed by atoms with Crippen LogP contribution in [0.1, 0.15) is 17.3 Å². The Morgan fingerprint density at radius 3 is 1.56 bits per heavy atom. The van der Waals surface area contributed by atoms with Crippen molar-refractivity contribution in [3.8, 4) is 11.1 Å². The Bertz CT molecular complexity index is 1190. The highest BCUT2D eigenvalue weighted by Gasteiger charge is 2.41. The Labute approximate surface area is 188 Å². The van der Waals surface area contributed by atoms with Crippen LogP contribution >= 0.6 is 7.14 Å². The number of carbonyl (C=O) groups is 1. The van der Waals surface area contributed by atoms with Gasteiger partial charge in [0.15, 0.2) is 5.78 Å². The fraction of sp³-hybridized carbons (Fsp3) is 0.107. The van der Waals surface area contributed by atoms with Gasteiger partial charge in [0.05, 0.1) is 0 Å². The van der Waals surface area contributed by atoms with Crippen molar-refractivity contribution in [3.05, 3.63) is 121 Å². The van der Waals surface area contributed by atoms with Crippen molar-refractivity contribution in [1.29, 1.82) is 0 Å². The van der Waals surface area contributed by atoms with Crippen LogP contribution in [0.4, 0.5) is 0 Å². The molecule has 0 aromatic heterocycles. The van der Waals surface area contributed by atoms with Crippen LogP contribution < -0.4 is 10.6 Å². The van der Waals surface area contributed by atoms with E-state index < -0.39 is 18.5 Å². The molecule has 0 aliphatic carbocycles. The van der Waals surface area contributed by atoms with E-state index in [1.807, 2.05) is 78.9 Å². The van der Waals surface area contributed by atoms with Crippen LogP contribution in [0.2, 0.25) is 0 Å². The van der Waals surface area contributed by atoms with Crippen LogP contribution in [0.3, 0.4) is 0 Å². The van der Waals surface area contributed by atoms with Gasteiger partial charge in [-0.15, -0.1) is 0 Å². The molecular weight excluding hydrogens is 415 g/mol. The van der Waals surface area contributed by atoms with Gasteiger partial charge < -0.3 is 9.67 Å². The molecule has 1 N–H and O–H groups in total. The molecule has 32 heavy (non-hydrogen) atoms. The van der Waals surface area contributed by atoms with E-state index in [-0.39, 0.29) is 6.16 Å². The Morgan fingerprint density at radius 1 is 0.688 bits per heavy atom. The first kappa shape index (κ1) is 22.0. The fourth-order valence-corrected chi connectivity index (χ4v) is 6.91. The molecule has 1 atom stereocenters. The number of carbonyl (C=O) groups excluding carboxylic acids is 1. The normalized spacial score (nSPS) is 13.3. The summed E-state index contributed by atoms with van der Waals surface area (Å²) < 4.78 is 14.3. The first-order valence-electron chi connectivity index (χ1n) is 10.5. The molecule has 3 nitrogen and oxygen atoms in total. The lowest BCUT2D eigenvalue weighted by atomic mass is 9.95. The van der Waals surface area contributed by atoms with E-state index in [1.165, 1.54) is 6.92 Å². The fourth-order valence-electron chi connectivity index (χ4n) is 3.93. The zero-order chi connectivity index (χ0) is 22.6. The largest absolute Gasteiger partial charge is 0.381 e. The van der Waals surface area contributed by atoms with Crippen molar-refractivity contribution in [2.75, 3.05) is 6.16 Å². The maximum Gasteiger partial charge on any atom is 0.194 e. The standard InChI is InChI=1S/C28H25O3P/c1-28(30,27(29)24-19-17-23(18-20-24)22-11-5-2-6-12-22)21-32(31,25-13-7-3-8-14-25)26-15-9-4-10-16-26/h2-20,30H,21H2,1H3. The van der Waals surface area contributed by atoms with E-state index in [4.69, 9.17) is 0 Å². The smallest absolute Gasteiger partial charge is 0.194 e. The molecule has 0 aliphatic rings. The first-order chi connectivity index (χ1) is 15.4. The van der Waals surface area contributed by atoms with E-state index >= 15 is 0 Å². The summed E-state index contributed by atoms with van der Waals surface area (Å²) in [5.74, 6) is -0.441. The number of aliphatic hydroxyl groups is 1. The van der Waals surface area contributed by atoms with Gasteiger partial charge in [-0.1, -0.05) is 115 Å². The summed E-state index contributed by atoms with van der Waals surface area (Å²) >= 11 is 0. The summed E-state index contributed by atoms with van der Waals surface area (Å²) in [7, 11) is -3.25. The van der Waals surface area contributed by atoms with Gasteiger partial charge in [-0.2, -0.15) is 0 Å². The summed E-state index contributed by atoms with van der Waals surface area (Å²) in [5.41, 5.74) is 0.634. The molecule has 0 amide bonds. The number of benzene rings is 4. The van der Waals surface area contributed by atoms with Gasteiger partial charge in [0, 0.05) is 22.3 Å². The van der Waals surface area contributed by atoms with E-state index in [0.29, 0.717) is 16.2 Å². The summed E-state index contributed by atoms with van der Waals surface area (Å²) in [6.45, 7) is 1.46. The van der Waals surface area contributed by atoms with Crippen LogP contribution in [0.5, 0.6) is 0 Å². The molecule has 4 heteroatoms. The molecule has 4 rings (SSSR count). The monoisotopic (exact) mass is 440 g/mol. The highest BCUT2D eigenvalue weighted by atomic mass is 31.2. The van der Waals surface area contributed by atoms with Crippen LogP contribution in [-0.2, 0) is 4.57 Å². The molecule has 1 unspecified atom stereocenters. The predicted molar refractivity (Wildman–Crippen MR) is 131 cm³/mol. The second kappa shape index (κ2) is 9.08. The molecule has 0 saturated heterocycles. The van der Waals surface area contributed by atoms with E-state index in [1.54, 1.807) is 36.4 Å². The number of hydrogen-bond donors (Lipinski definition) is 1. The molecule has 0 aliphatic heterocycles. The zero-order valence-corrected chi connectivity index (χ0v) is 18.8. The Kier molecular flexibility index (Phi) is 6.23. The van der Waals surface area contributed by atoms with Gasteiger partial charge in [-0.25, -0.2) is 0 Å². The van der Waals surface area contributed by atoms with Crippen molar-refractivity contribution >= 4 is 23.5 Å². The van der Waals surface area contributed by atoms with Crippen molar-refractivity contribution < 1.29 is 14.5 Å². The third-order valence-electron chi connectivity index (χ3n) is 5.62. The van der Waals surface area contributed by atoms with Crippen molar-refractivity contribution in [3.63, 3.8) is 0 Å². The molecule has 0 heterocycles. The Morgan fingerprint density at radius 2 is 1.09 bits per heavy atom. The van der Waals surface area contributed by atoms with Gasteiger partial charge in [0.1, 0.15) is 12.7 Å². The Balaban J connectivity index is 1.65. The number of Topliss-reactive ketones (excluding diaryl/α,β-unsaturated/α-hetero) is 1. The lowest BCUT2D eigenvalue weighted by molar-refractivity contribution is 0.0500. The van der Waals surface area contributed by atoms with Gasteiger partial charge in [0.25, 0.3) is 0 Å². The third-order valence-corrected chi connectivity index (χ3v) is 8.95. The average Bonchev–Trinajstić information content (AvgIpc) is 2.85. The second-order valence-corrected chi connectivity index (χ2v) is 10.9. The minimum absolute atomic E-state index is 0.173. The van der Waals surface area contributed by atoms with Crippen molar-refractivity contribution in [2.45, 2.75) is 12.5 Å². The molecule has 0 saturated carbocycles. The SMILES string of the molecule is CC(O)(CP(=O)(c1ccccc1)c1ccccc1)C(=O)c1ccc(-c2ccccc2)cc1. The Hall–Kier alpha value is -3.26. The quantitative estimate of drug-likeness (QED) is 0.313. The van der Waals surface area contributed by atoms with Gasteiger partial charge in [0.2, 0.25) is 0 Å². The average molecular weight is 440 g/mol. The molecule has 0 radical (unpaired) electrons. The minimum atomic E-state index is -3.25. The molecule has 4 aromatic carbocycles. The molecule has 0 spiro atoms. The van der Waals surface area contributed by atoms with Gasteiger partial charge in [-0.05, 0) is 18.1 Å². The summed E-state index contributed by atoms with van der Waals surface area (Å²) in [4.78, 5) is 13.3. The number of hydrogen-bond acceptors (Lipinski definition) is 3. The number of rotatable bonds is 7. The highest BCUT2D eigenvalue weighted by Crippen LogP contribution is 2.46. The summed E-state index contributed by atoms with van der Waals surface area (Å²) in [6, 6.07) is 35.2. The first-order valence-corrected chi connectivity index (χ1v) is 12.4. The van der Waals surface area contributed by atoms with Crippen LogP contribution in [-0.4, -0.2) is 22.7 Å². The van der Waals surface area contributed by atoms with Crippen LogP contribution in [0.25, 0.3) is 11.1 Å². The maximum atomic E-state index is 14.3. The summed E-state index contributed by atoms with van der Waals surface area (Å²) in [6.07, 6.45) is -0.173. The lowest BCUT2D eigenvalue weighted by Gasteiger charge is -2.28. The molecule has 0 fully saturated rings. The molecular formula is C28H25O3P. The van der Waals surface area contributed by atoms with Crippen LogP contribution in [0.15, 0.2) is 115 Å². The van der Waals surface area contributed by atoms with E-state index in [9.17, 15) is 14.5 Å². The lowest BCUT2D eigenvalue weighted by Crippen LogP contribution is -2.41. The third kappa shape index (κ3) is 4.50. The maximum absolute atomic E-state index is 14.3. The van der Waals surface area contributed by atoms with Crippen molar-refractivity contribution in [1.82, 2.24) is 0 Å². The second-order valence-electron chi connectivity index (χ2n) is 8.12. The van der Waals surface area contributed by atoms with Crippen LogP contribution in [0, 0.1) is 0 Å². The minimum Gasteiger partial charge on any atom is -0.381 e. The topological polar surface area (TPSA) is 54.4 Å². The molecule has 160 valence electrons. The van der Waals surface area contributed by atoms with E-state index in [2.05, 4.69) is 0 Å². The zero-order valence-electron chi connectivity index (χ0n) is 17.9. The molecule has 4 aromatic rings. The van der Waals surface area contributed by atoms with E-state index in [0.717, 1.165) is 11.1 Å². The predicted octanol–water partition coefficient (Wildman–Crippen LogP) is 5.30. The highest BCUT2D eigenvalue weighted by molar-refractivity contribution is 7.78. The summed E-state index contributed by atoms with van der Waals surface area (Å²) in [5, 5.41) is 12.5.